The van der Waals surface area contributed by atoms with E-state index in [1.807, 2.05) is 48.9 Å². The highest BCUT2D eigenvalue weighted by molar-refractivity contribution is 5.92. The van der Waals surface area contributed by atoms with Gasteiger partial charge in [-0.2, -0.15) is 5.10 Å². The van der Waals surface area contributed by atoms with Gasteiger partial charge in [-0.15, -0.1) is 10.2 Å². The predicted octanol–water partition coefficient (Wildman–Crippen LogP) is 1.50. The zero-order valence-electron chi connectivity index (χ0n) is 14.0. The lowest BCUT2D eigenvalue weighted by Gasteiger charge is -2.06. The van der Waals surface area contributed by atoms with Crippen LogP contribution >= 0.6 is 0 Å². The Kier molecular flexibility index (Phi) is 4.41. The van der Waals surface area contributed by atoms with Crippen LogP contribution in [-0.4, -0.2) is 37.0 Å². The molecule has 124 valence electrons. The average Bonchev–Trinajstić information content (AvgIpc) is 3.10. The van der Waals surface area contributed by atoms with E-state index in [0.29, 0.717) is 18.7 Å². The maximum absolute atomic E-state index is 12.2. The van der Waals surface area contributed by atoms with Crippen molar-refractivity contribution in [2.45, 2.75) is 13.3 Å². The van der Waals surface area contributed by atoms with Gasteiger partial charge in [0.1, 0.15) is 11.5 Å². The molecule has 0 atom stereocenters. The third-order valence-corrected chi connectivity index (χ3v) is 3.87. The first-order valence-electron chi connectivity index (χ1n) is 7.79. The molecule has 2 aromatic heterocycles. The summed E-state index contributed by atoms with van der Waals surface area (Å²) in [5.74, 6) is 1.51. The Balaban J connectivity index is 1.63. The molecule has 1 N–H and O–H groups in total. The highest BCUT2D eigenvalue weighted by Crippen LogP contribution is 2.16. The number of hydrogen-bond donors (Lipinski definition) is 1. The summed E-state index contributed by atoms with van der Waals surface area (Å²) >= 11 is 0. The van der Waals surface area contributed by atoms with Crippen molar-refractivity contribution in [2.75, 3.05) is 6.54 Å². The largest absolute Gasteiger partial charge is 0.350 e. The molecule has 24 heavy (non-hydrogen) atoms. The van der Waals surface area contributed by atoms with Crippen molar-refractivity contribution in [1.29, 1.82) is 0 Å². The van der Waals surface area contributed by atoms with E-state index in [2.05, 4.69) is 20.6 Å². The van der Waals surface area contributed by atoms with Gasteiger partial charge in [-0.05, 0) is 13.0 Å². The smallest absolute Gasteiger partial charge is 0.269 e. The fourth-order valence-electron chi connectivity index (χ4n) is 2.62. The molecular weight excluding hydrogens is 304 g/mol. The van der Waals surface area contributed by atoms with Crippen LogP contribution in [0.2, 0.25) is 0 Å². The van der Waals surface area contributed by atoms with Crippen LogP contribution < -0.4 is 5.32 Å². The third kappa shape index (κ3) is 3.19. The Hall–Kier alpha value is -2.96. The van der Waals surface area contributed by atoms with Gasteiger partial charge in [0.15, 0.2) is 5.82 Å². The zero-order valence-corrected chi connectivity index (χ0v) is 14.0. The highest BCUT2D eigenvalue weighted by atomic mass is 16.2. The summed E-state index contributed by atoms with van der Waals surface area (Å²) in [5.41, 5.74) is 2.40. The maximum atomic E-state index is 12.2. The number of benzene rings is 1. The summed E-state index contributed by atoms with van der Waals surface area (Å²) in [6.07, 6.45) is 0.610. The second-order valence-corrected chi connectivity index (χ2v) is 5.67. The SMILES string of the molecule is Cc1cc(C(=O)NCCc2nnc(-c3ccccc3)n2C)n(C)n1. The van der Waals surface area contributed by atoms with Crippen molar-refractivity contribution < 1.29 is 4.79 Å². The molecule has 0 aliphatic rings. The van der Waals surface area contributed by atoms with Crippen molar-refractivity contribution in [1.82, 2.24) is 29.9 Å². The van der Waals surface area contributed by atoms with Crippen LogP contribution in [0.25, 0.3) is 11.4 Å². The van der Waals surface area contributed by atoms with Gasteiger partial charge in [-0.3, -0.25) is 9.48 Å². The van der Waals surface area contributed by atoms with E-state index < -0.39 is 0 Å². The Bertz CT molecular complexity index is 849. The fourth-order valence-corrected chi connectivity index (χ4v) is 2.62. The van der Waals surface area contributed by atoms with Gasteiger partial charge in [0.05, 0.1) is 5.69 Å². The molecule has 0 saturated heterocycles. The number of nitrogens with zero attached hydrogens (tertiary/aromatic N) is 5. The third-order valence-electron chi connectivity index (χ3n) is 3.87. The van der Waals surface area contributed by atoms with Gasteiger partial charge in [0.25, 0.3) is 5.91 Å². The van der Waals surface area contributed by atoms with E-state index in [-0.39, 0.29) is 5.91 Å². The molecule has 7 heteroatoms. The minimum absolute atomic E-state index is 0.136. The minimum Gasteiger partial charge on any atom is -0.350 e. The molecule has 0 aliphatic carbocycles. The number of amides is 1. The van der Waals surface area contributed by atoms with Gasteiger partial charge in [-0.25, -0.2) is 0 Å². The minimum atomic E-state index is -0.136. The Labute approximate surface area is 140 Å². The highest BCUT2D eigenvalue weighted by Gasteiger charge is 2.13. The number of carbonyl (C=O) groups is 1. The predicted molar refractivity (Wildman–Crippen MR) is 90.4 cm³/mol. The Morgan fingerprint density at radius 2 is 1.92 bits per heavy atom. The lowest BCUT2D eigenvalue weighted by molar-refractivity contribution is 0.0944. The summed E-state index contributed by atoms with van der Waals surface area (Å²) in [7, 11) is 3.70. The summed E-state index contributed by atoms with van der Waals surface area (Å²) < 4.78 is 3.54. The molecule has 3 rings (SSSR count). The lowest BCUT2D eigenvalue weighted by atomic mass is 10.2. The van der Waals surface area contributed by atoms with Crippen molar-refractivity contribution in [2.24, 2.45) is 14.1 Å². The summed E-state index contributed by atoms with van der Waals surface area (Å²) in [6.45, 7) is 2.35. The van der Waals surface area contributed by atoms with Gasteiger partial charge < -0.3 is 9.88 Å². The van der Waals surface area contributed by atoms with Gasteiger partial charge >= 0.3 is 0 Å². The van der Waals surface area contributed by atoms with Gasteiger partial charge in [0.2, 0.25) is 0 Å². The van der Waals surface area contributed by atoms with E-state index in [9.17, 15) is 4.79 Å². The number of aromatic nitrogens is 5. The molecule has 0 radical (unpaired) electrons. The van der Waals surface area contributed by atoms with Crippen LogP contribution in [0, 0.1) is 6.92 Å². The van der Waals surface area contributed by atoms with E-state index in [0.717, 1.165) is 22.9 Å². The first kappa shape index (κ1) is 15.9. The fraction of sp³-hybridized carbons (Fsp3) is 0.294. The molecule has 0 fully saturated rings. The van der Waals surface area contributed by atoms with E-state index in [4.69, 9.17) is 0 Å². The molecular formula is C17H20N6O. The zero-order chi connectivity index (χ0) is 17.1. The van der Waals surface area contributed by atoms with Gasteiger partial charge in [0, 0.05) is 32.6 Å². The number of aryl methyl sites for hydroxylation is 2. The molecule has 2 heterocycles. The Morgan fingerprint density at radius 1 is 1.17 bits per heavy atom. The van der Waals surface area contributed by atoms with Gasteiger partial charge in [-0.1, -0.05) is 30.3 Å². The second-order valence-electron chi connectivity index (χ2n) is 5.67. The van der Waals surface area contributed by atoms with Crippen molar-refractivity contribution in [3.05, 3.63) is 53.6 Å². The van der Waals surface area contributed by atoms with E-state index >= 15 is 0 Å². The molecule has 0 bridgehead atoms. The molecule has 7 nitrogen and oxygen atoms in total. The lowest BCUT2D eigenvalue weighted by Crippen LogP contribution is -2.28. The summed E-state index contributed by atoms with van der Waals surface area (Å²) in [4.78, 5) is 12.2. The summed E-state index contributed by atoms with van der Waals surface area (Å²) in [6, 6.07) is 11.7. The van der Waals surface area contributed by atoms with Crippen LogP contribution in [0.1, 0.15) is 22.0 Å². The average molecular weight is 324 g/mol. The monoisotopic (exact) mass is 324 g/mol. The standard InChI is InChI=1S/C17H20N6O/c1-12-11-14(23(3)21-12)17(24)18-10-9-15-19-20-16(22(15)2)13-7-5-4-6-8-13/h4-8,11H,9-10H2,1-3H3,(H,18,24). The molecule has 3 aromatic rings. The van der Waals surface area contributed by atoms with Crippen molar-refractivity contribution >= 4 is 5.91 Å². The molecule has 0 unspecified atom stereocenters. The quantitative estimate of drug-likeness (QED) is 0.771. The van der Waals surface area contributed by atoms with Crippen molar-refractivity contribution in [3.8, 4) is 11.4 Å². The van der Waals surface area contributed by atoms with E-state index in [1.54, 1.807) is 17.8 Å². The van der Waals surface area contributed by atoms with Crippen molar-refractivity contribution in [3.63, 3.8) is 0 Å². The first-order valence-corrected chi connectivity index (χ1v) is 7.79. The summed E-state index contributed by atoms with van der Waals surface area (Å²) in [5, 5.41) is 15.5. The molecule has 1 aromatic carbocycles. The maximum Gasteiger partial charge on any atom is 0.269 e. The normalized spacial score (nSPS) is 10.8. The number of carbonyl (C=O) groups excluding carboxylic acids is 1. The molecule has 0 spiro atoms. The number of hydrogen-bond acceptors (Lipinski definition) is 4. The van der Waals surface area contributed by atoms with Crippen LogP contribution in [0.4, 0.5) is 0 Å². The van der Waals surface area contributed by atoms with Crippen LogP contribution in [0.5, 0.6) is 0 Å². The molecule has 1 amide bonds. The van der Waals surface area contributed by atoms with Crippen LogP contribution in [-0.2, 0) is 20.5 Å². The van der Waals surface area contributed by atoms with Crippen LogP contribution in [0.3, 0.4) is 0 Å². The first-order chi connectivity index (χ1) is 11.6. The molecule has 0 saturated carbocycles. The number of nitrogens with one attached hydrogen (secondary N) is 1. The second kappa shape index (κ2) is 6.66. The molecule has 0 aliphatic heterocycles. The number of rotatable bonds is 5. The van der Waals surface area contributed by atoms with E-state index in [1.165, 1.54) is 0 Å². The topological polar surface area (TPSA) is 77.6 Å². The Morgan fingerprint density at radius 3 is 2.58 bits per heavy atom. The van der Waals surface area contributed by atoms with Crippen LogP contribution in [0.15, 0.2) is 36.4 Å².